The second-order valence-electron chi connectivity index (χ2n) is 4.63. The molecule has 0 aliphatic rings. The summed E-state index contributed by atoms with van der Waals surface area (Å²) in [6.45, 7) is 4.15. The summed E-state index contributed by atoms with van der Waals surface area (Å²) < 4.78 is 0. The van der Waals surface area contributed by atoms with Crippen LogP contribution in [-0.4, -0.2) is 5.94 Å². The quantitative estimate of drug-likeness (QED) is 0.833. The number of rotatable bonds is 4. The van der Waals surface area contributed by atoms with Gasteiger partial charge in [0.15, 0.2) is 0 Å². The second kappa shape index (κ2) is 6.03. The fourth-order valence-electron chi connectivity index (χ4n) is 1.99. The van der Waals surface area contributed by atoms with Gasteiger partial charge in [-0.1, -0.05) is 30.3 Å². The third kappa shape index (κ3) is 3.34. The molecule has 2 nitrogen and oxygen atoms in total. The van der Waals surface area contributed by atoms with Crippen molar-refractivity contribution in [2.24, 2.45) is 0 Å². The predicted octanol–water partition coefficient (Wildman–Crippen LogP) is 3.98. The summed E-state index contributed by atoms with van der Waals surface area (Å²) in [6, 6.07) is 14.3. The predicted molar refractivity (Wildman–Crippen MR) is 79.6 cm³/mol. The first-order valence-corrected chi connectivity index (χ1v) is 6.32. The summed E-state index contributed by atoms with van der Waals surface area (Å²) in [5, 5.41) is 3.44. The van der Waals surface area contributed by atoms with Gasteiger partial charge in [-0.05, 0) is 42.7 Å². The van der Waals surface area contributed by atoms with Crippen LogP contribution >= 0.6 is 0 Å². The first-order valence-electron chi connectivity index (χ1n) is 6.32. The maximum Gasteiger partial charge on any atom is 0.120 e. The van der Waals surface area contributed by atoms with Crippen LogP contribution in [0.15, 0.2) is 48.5 Å². The average molecular weight is 251 g/mol. The molecule has 0 saturated heterocycles. The highest BCUT2D eigenvalue weighted by atomic mass is 16.1. The zero-order valence-electron chi connectivity index (χ0n) is 11.2. The largest absolute Gasteiger partial charge is 0.355 e. The van der Waals surface area contributed by atoms with Crippen LogP contribution in [0.4, 0.5) is 11.4 Å². The Morgan fingerprint density at radius 2 is 1.89 bits per heavy atom. The van der Waals surface area contributed by atoms with Gasteiger partial charge in [0.25, 0.3) is 0 Å². The van der Waals surface area contributed by atoms with Crippen molar-refractivity contribution in [2.45, 2.75) is 20.3 Å². The fraction of sp³-hybridized carbons (Fsp3) is 0.176. The molecule has 0 amide bonds. The maximum atomic E-state index is 10.3. The van der Waals surface area contributed by atoms with Gasteiger partial charge in [0, 0.05) is 23.9 Å². The van der Waals surface area contributed by atoms with E-state index in [0.29, 0.717) is 6.42 Å². The minimum absolute atomic E-state index is 0.595. The monoisotopic (exact) mass is 251 g/mol. The van der Waals surface area contributed by atoms with Crippen molar-refractivity contribution in [3.8, 4) is 0 Å². The number of para-hydroxylation sites is 1. The highest BCUT2D eigenvalue weighted by Gasteiger charge is 2.03. The summed E-state index contributed by atoms with van der Waals surface area (Å²) in [7, 11) is 0. The van der Waals surface area contributed by atoms with Crippen LogP contribution in [0.5, 0.6) is 0 Å². The first-order chi connectivity index (χ1) is 9.20. The molecule has 0 aliphatic heterocycles. The van der Waals surface area contributed by atoms with Gasteiger partial charge in [-0.15, -0.1) is 0 Å². The lowest BCUT2D eigenvalue weighted by molar-refractivity contribution is 0.568. The van der Waals surface area contributed by atoms with Crippen LogP contribution in [0, 0.1) is 13.8 Å². The van der Waals surface area contributed by atoms with Crippen LogP contribution in [0.3, 0.4) is 0 Å². The summed E-state index contributed by atoms with van der Waals surface area (Å²) >= 11 is 0. The Balaban J connectivity index is 2.32. The lowest BCUT2D eigenvalue weighted by Crippen LogP contribution is -1.97. The fourth-order valence-corrected chi connectivity index (χ4v) is 1.99. The van der Waals surface area contributed by atoms with Gasteiger partial charge < -0.3 is 5.32 Å². The third-order valence-corrected chi connectivity index (χ3v) is 3.09. The van der Waals surface area contributed by atoms with E-state index in [2.05, 4.69) is 37.4 Å². The minimum atomic E-state index is 0.595. The van der Waals surface area contributed by atoms with Gasteiger partial charge in [-0.2, -0.15) is 0 Å². The molecule has 0 radical (unpaired) electrons. The Morgan fingerprint density at radius 3 is 2.68 bits per heavy atom. The van der Waals surface area contributed by atoms with Gasteiger partial charge >= 0.3 is 0 Å². The van der Waals surface area contributed by atoms with Gasteiger partial charge in [-0.3, -0.25) is 0 Å². The Bertz CT molecular complexity index is 625. The van der Waals surface area contributed by atoms with Crippen molar-refractivity contribution < 1.29 is 4.79 Å². The lowest BCUT2D eigenvalue weighted by atomic mass is 10.1. The number of carbonyl (C=O) groups excluding carboxylic acids is 1. The van der Waals surface area contributed by atoms with E-state index < -0.39 is 0 Å². The summed E-state index contributed by atoms with van der Waals surface area (Å²) in [4.78, 5) is 10.3. The molecule has 2 aromatic carbocycles. The van der Waals surface area contributed by atoms with Crippen LogP contribution in [0.2, 0.25) is 0 Å². The second-order valence-corrected chi connectivity index (χ2v) is 4.63. The molecule has 0 aliphatic carbocycles. The zero-order valence-corrected chi connectivity index (χ0v) is 11.2. The molecule has 0 bridgehead atoms. The Labute approximate surface area is 113 Å². The summed E-state index contributed by atoms with van der Waals surface area (Å²) in [6.07, 6.45) is 2.10. The third-order valence-electron chi connectivity index (χ3n) is 3.09. The molecule has 0 spiro atoms. The van der Waals surface area contributed by atoms with E-state index in [-0.39, 0.29) is 0 Å². The first kappa shape index (κ1) is 13.1. The maximum absolute atomic E-state index is 10.3. The highest BCUT2D eigenvalue weighted by Crippen LogP contribution is 2.24. The van der Waals surface area contributed by atoms with Crippen molar-refractivity contribution in [1.29, 1.82) is 0 Å². The van der Waals surface area contributed by atoms with Crippen molar-refractivity contribution in [2.75, 3.05) is 5.32 Å². The van der Waals surface area contributed by atoms with E-state index in [1.54, 1.807) is 0 Å². The molecule has 0 heterocycles. The van der Waals surface area contributed by atoms with E-state index >= 15 is 0 Å². The molecule has 0 saturated carbocycles. The van der Waals surface area contributed by atoms with E-state index in [0.717, 1.165) is 16.9 Å². The summed E-state index contributed by atoms with van der Waals surface area (Å²) in [5.74, 6) is 1.82. The minimum Gasteiger partial charge on any atom is -0.355 e. The van der Waals surface area contributed by atoms with Crippen molar-refractivity contribution in [1.82, 2.24) is 0 Å². The molecule has 0 unspecified atom stereocenters. The number of nitrogens with one attached hydrogen (secondary N) is 1. The Kier molecular flexibility index (Phi) is 4.17. The Morgan fingerprint density at radius 1 is 1.11 bits per heavy atom. The van der Waals surface area contributed by atoms with E-state index in [1.165, 1.54) is 17.2 Å². The molecular formula is C17H17NO. The Hall–Kier alpha value is -2.31. The summed E-state index contributed by atoms with van der Waals surface area (Å²) in [5.41, 5.74) is 5.64. The molecule has 19 heavy (non-hydrogen) atoms. The molecule has 96 valence electrons. The van der Waals surface area contributed by atoms with E-state index in [9.17, 15) is 4.79 Å². The van der Waals surface area contributed by atoms with E-state index in [1.807, 2.05) is 30.2 Å². The normalized spacial score (nSPS) is 9.79. The smallest absolute Gasteiger partial charge is 0.120 e. The number of hydrogen-bond acceptors (Lipinski definition) is 2. The number of allylic oxidation sites excluding steroid dienone is 1. The molecule has 2 aromatic rings. The van der Waals surface area contributed by atoms with Crippen LogP contribution in [-0.2, 0) is 11.2 Å². The molecule has 0 aromatic heterocycles. The van der Waals surface area contributed by atoms with Gasteiger partial charge in [0.1, 0.15) is 5.94 Å². The van der Waals surface area contributed by atoms with Gasteiger partial charge in [0.2, 0.25) is 0 Å². The lowest BCUT2D eigenvalue weighted by Gasteiger charge is -2.13. The van der Waals surface area contributed by atoms with Crippen LogP contribution in [0.1, 0.15) is 16.7 Å². The van der Waals surface area contributed by atoms with Crippen molar-refractivity contribution in [3.63, 3.8) is 0 Å². The van der Waals surface area contributed by atoms with Gasteiger partial charge in [0.05, 0.1) is 0 Å². The number of hydrogen-bond donors (Lipinski definition) is 1. The highest BCUT2D eigenvalue weighted by molar-refractivity contribution is 5.67. The molecule has 0 atom stereocenters. The average Bonchev–Trinajstić information content (AvgIpc) is 2.42. The van der Waals surface area contributed by atoms with Crippen molar-refractivity contribution in [3.05, 3.63) is 65.2 Å². The molecule has 0 fully saturated rings. The van der Waals surface area contributed by atoms with Crippen molar-refractivity contribution >= 4 is 17.3 Å². The van der Waals surface area contributed by atoms with E-state index in [4.69, 9.17) is 0 Å². The van der Waals surface area contributed by atoms with Gasteiger partial charge in [-0.25, -0.2) is 4.79 Å². The van der Waals surface area contributed by atoms with Crippen LogP contribution < -0.4 is 5.32 Å². The molecule has 2 heteroatoms. The molecular weight excluding hydrogens is 234 g/mol. The topological polar surface area (TPSA) is 29.1 Å². The number of anilines is 2. The SMILES string of the molecule is Cc1ccc(C)c(Nc2ccccc2CC=C=O)c1. The standard InChI is InChI=1S/C17H17NO/c1-13-9-10-14(2)17(12-13)18-16-8-4-3-6-15(16)7-5-11-19/h3-6,8-10,12,18H,7H2,1-2H3. The number of aryl methyl sites for hydroxylation is 2. The van der Waals surface area contributed by atoms with Crippen LogP contribution in [0.25, 0.3) is 0 Å². The zero-order chi connectivity index (χ0) is 13.7. The number of benzene rings is 2. The molecule has 2 rings (SSSR count). The molecule has 1 N–H and O–H groups in total.